The number of urea groups is 1. The van der Waals surface area contributed by atoms with E-state index in [4.69, 9.17) is 9.52 Å². The van der Waals surface area contributed by atoms with Crippen molar-refractivity contribution in [3.8, 4) is 0 Å². The number of furan rings is 1. The first-order chi connectivity index (χ1) is 12.1. The van der Waals surface area contributed by atoms with Gasteiger partial charge >= 0.3 is 12.0 Å². The summed E-state index contributed by atoms with van der Waals surface area (Å²) in [4.78, 5) is 25.9. The molecule has 3 rings (SSSR count). The summed E-state index contributed by atoms with van der Waals surface area (Å²) in [6.45, 7) is 0.567. The fourth-order valence-electron chi connectivity index (χ4n) is 4.08. The average molecular weight is 348 g/mol. The number of carbonyl (C=O) groups is 2. The Bertz CT molecular complexity index is 558. The lowest BCUT2D eigenvalue weighted by atomic mass is 9.86. The second-order valence-electron chi connectivity index (χ2n) is 7.39. The number of hydrogen-bond donors (Lipinski definition) is 2. The van der Waals surface area contributed by atoms with E-state index in [0.29, 0.717) is 19.4 Å². The molecule has 0 saturated heterocycles. The lowest BCUT2D eigenvalue weighted by Crippen LogP contribution is -2.50. The minimum atomic E-state index is -0.714. The maximum absolute atomic E-state index is 12.9. The Labute approximate surface area is 148 Å². The summed E-state index contributed by atoms with van der Waals surface area (Å²) in [7, 11) is 0. The van der Waals surface area contributed by atoms with Gasteiger partial charge in [0.05, 0.1) is 25.0 Å². The molecule has 2 N–H and O–H groups in total. The first kappa shape index (κ1) is 17.8. The van der Waals surface area contributed by atoms with Crippen LogP contribution in [-0.4, -0.2) is 34.1 Å². The zero-order chi connectivity index (χ0) is 17.6. The van der Waals surface area contributed by atoms with Crippen LogP contribution in [0.2, 0.25) is 0 Å². The summed E-state index contributed by atoms with van der Waals surface area (Å²) >= 11 is 0. The van der Waals surface area contributed by atoms with E-state index < -0.39 is 5.97 Å². The molecule has 6 nitrogen and oxygen atoms in total. The number of carbonyl (C=O) groups excluding carboxylic acids is 1. The summed E-state index contributed by atoms with van der Waals surface area (Å²) in [5, 5.41) is 12.3. The Morgan fingerprint density at radius 3 is 2.44 bits per heavy atom. The molecule has 0 aromatic carbocycles. The standard InChI is InChI=1S/C19H28N2O4/c22-18(23)15-6-8-16(9-7-15)20-19(24)21(12-14-10-11-25-13-14)17-4-2-1-3-5-17/h10-11,13,15-17H,1-9,12H2,(H,20,24)(H,22,23). The van der Waals surface area contributed by atoms with Crippen LogP contribution in [0.25, 0.3) is 0 Å². The van der Waals surface area contributed by atoms with Crippen LogP contribution >= 0.6 is 0 Å². The van der Waals surface area contributed by atoms with Gasteiger partial charge in [0.2, 0.25) is 0 Å². The number of carboxylic acids is 1. The molecule has 2 fully saturated rings. The molecule has 0 radical (unpaired) electrons. The molecule has 0 aliphatic heterocycles. The van der Waals surface area contributed by atoms with E-state index in [0.717, 1.165) is 31.2 Å². The van der Waals surface area contributed by atoms with Crippen LogP contribution in [0.1, 0.15) is 63.4 Å². The smallest absolute Gasteiger partial charge is 0.318 e. The number of aliphatic carboxylic acids is 1. The first-order valence-corrected chi connectivity index (χ1v) is 9.44. The summed E-state index contributed by atoms with van der Waals surface area (Å²) in [6.07, 6.45) is 11.8. The van der Waals surface area contributed by atoms with E-state index in [9.17, 15) is 9.59 Å². The lowest BCUT2D eigenvalue weighted by molar-refractivity contribution is -0.142. The van der Waals surface area contributed by atoms with Gasteiger partial charge in [0.15, 0.2) is 0 Å². The molecule has 1 heterocycles. The van der Waals surface area contributed by atoms with Crippen molar-refractivity contribution in [3.05, 3.63) is 24.2 Å². The molecule has 1 aromatic rings. The van der Waals surface area contributed by atoms with Gasteiger partial charge < -0.3 is 19.7 Å². The Balaban J connectivity index is 1.59. The Kier molecular flexibility index (Phi) is 6.00. The summed E-state index contributed by atoms with van der Waals surface area (Å²) in [5.74, 6) is -0.970. The molecule has 1 aromatic heterocycles. The topological polar surface area (TPSA) is 82.8 Å². The van der Waals surface area contributed by atoms with Crippen LogP contribution in [0, 0.1) is 5.92 Å². The van der Waals surface area contributed by atoms with Crippen molar-refractivity contribution in [2.24, 2.45) is 5.92 Å². The number of nitrogens with one attached hydrogen (secondary N) is 1. The van der Waals surface area contributed by atoms with Crippen molar-refractivity contribution >= 4 is 12.0 Å². The van der Waals surface area contributed by atoms with Gasteiger partial charge in [-0.3, -0.25) is 4.79 Å². The predicted molar refractivity (Wildman–Crippen MR) is 93.0 cm³/mol. The number of carboxylic acid groups (broad SMARTS) is 1. The summed E-state index contributed by atoms with van der Waals surface area (Å²) in [5.41, 5.74) is 1.01. The van der Waals surface area contributed by atoms with Crippen LogP contribution in [0.4, 0.5) is 4.79 Å². The molecule has 0 bridgehead atoms. The number of amides is 2. The molecule has 2 amide bonds. The van der Waals surface area contributed by atoms with Gasteiger partial charge in [-0.1, -0.05) is 19.3 Å². The fraction of sp³-hybridized carbons (Fsp3) is 0.684. The van der Waals surface area contributed by atoms with Gasteiger partial charge in [-0.15, -0.1) is 0 Å². The van der Waals surface area contributed by atoms with Crippen molar-refractivity contribution in [2.45, 2.75) is 76.4 Å². The Hall–Kier alpha value is -1.98. The van der Waals surface area contributed by atoms with Gasteiger partial charge in [-0.05, 0) is 44.6 Å². The van der Waals surface area contributed by atoms with E-state index in [-0.39, 0.29) is 24.0 Å². The van der Waals surface area contributed by atoms with E-state index in [1.807, 2.05) is 11.0 Å². The number of rotatable bonds is 5. The fourth-order valence-corrected chi connectivity index (χ4v) is 4.08. The summed E-state index contributed by atoms with van der Waals surface area (Å²) in [6, 6.07) is 2.24. The van der Waals surface area contributed by atoms with Crippen LogP contribution in [0.15, 0.2) is 23.0 Å². The molecular formula is C19H28N2O4. The highest BCUT2D eigenvalue weighted by Crippen LogP contribution is 2.27. The third kappa shape index (κ3) is 4.77. The molecule has 0 unspecified atom stereocenters. The Morgan fingerprint density at radius 1 is 1.12 bits per heavy atom. The minimum absolute atomic E-state index is 0.0214. The maximum Gasteiger partial charge on any atom is 0.318 e. The molecule has 0 atom stereocenters. The molecule has 2 aliphatic rings. The average Bonchev–Trinajstić information content (AvgIpc) is 3.14. The first-order valence-electron chi connectivity index (χ1n) is 9.44. The van der Waals surface area contributed by atoms with Crippen molar-refractivity contribution in [1.29, 1.82) is 0 Å². The van der Waals surface area contributed by atoms with Gasteiger partial charge in [0, 0.05) is 17.6 Å². The highest BCUT2D eigenvalue weighted by atomic mass is 16.4. The highest BCUT2D eigenvalue weighted by Gasteiger charge is 2.30. The van der Waals surface area contributed by atoms with Gasteiger partial charge in [-0.25, -0.2) is 4.79 Å². The second-order valence-corrected chi connectivity index (χ2v) is 7.39. The van der Waals surface area contributed by atoms with E-state index >= 15 is 0 Å². The van der Waals surface area contributed by atoms with E-state index in [1.54, 1.807) is 12.5 Å². The Morgan fingerprint density at radius 2 is 1.84 bits per heavy atom. The molecule has 138 valence electrons. The van der Waals surface area contributed by atoms with Crippen LogP contribution in [0.3, 0.4) is 0 Å². The summed E-state index contributed by atoms with van der Waals surface area (Å²) < 4.78 is 5.15. The zero-order valence-corrected chi connectivity index (χ0v) is 14.7. The van der Waals surface area contributed by atoms with Crippen molar-refractivity contribution in [3.63, 3.8) is 0 Å². The second kappa shape index (κ2) is 8.41. The van der Waals surface area contributed by atoms with Crippen molar-refractivity contribution < 1.29 is 19.1 Å². The quantitative estimate of drug-likeness (QED) is 0.848. The largest absolute Gasteiger partial charge is 0.481 e. The molecule has 0 spiro atoms. The van der Waals surface area contributed by atoms with E-state index in [2.05, 4.69) is 5.32 Å². The van der Waals surface area contributed by atoms with Gasteiger partial charge in [0.25, 0.3) is 0 Å². The van der Waals surface area contributed by atoms with Crippen molar-refractivity contribution in [1.82, 2.24) is 10.2 Å². The number of hydrogen-bond acceptors (Lipinski definition) is 3. The van der Waals surface area contributed by atoms with E-state index in [1.165, 1.54) is 19.3 Å². The zero-order valence-electron chi connectivity index (χ0n) is 14.7. The number of nitrogens with zero attached hydrogens (tertiary/aromatic N) is 1. The van der Waals surface area contributed by atoms with Crippen LogP contribution in [-0.2, 0) is 11.3 Å². The molecular weight excluding hydrogens is 320 g/mol. The monoisotopic (exact) mass is 348 g/mol. The van der Waals surface area contributed by atoms with Gasteiger partial charge in [-0.2, -0.15) is 0 Å². The SMILES string of the molecule is O=C(O)C1CCC(NC(=O)N(Cc2ccoc2)C2CCCCC2)CC1. The lowest BCUT2D eigenvalue weighted by Gasteiger charge is -2.36. The molecule has 25 heavy (non-hydrogen) atoms. The maximum atomic E-state index is 12.9. The highest BCUT2D eigenvalue weighted by molar-refractivity contribution is 5.75. The third-order valence-corrected chi connectivity index (χ3v) is 5.61. The predicted octanol–water partition coefficient (Wildman–Crippen LogP) is 3.77. The van der Waals surface area contributed by atoms with Crippen LogP contribution in [0.5, 0.6) is 0 Å². The molecule has 2 saturated carbocycles. The van der Waals surface area contributed by atoms with Crippen molar-refractivity contribution in [2.75, 3.05) is 0 Å². The normalized spacial score (nSPS) is 24.6. The van der Waals surface area contributed by atoms with Gasteiger partial charge in [0.1, 0.15) is 0 Å². The minimum Gasteiger partial charge on any atom is -0.481 e. The van der Waals surface area contributed by atoms with Crippen LogP contribution < -0.4 is 5.32 Å². The molecule has 2 aliphatic carbocycles. The third-order valence-electron chi connectivity index (χ3n) is 5.61. The molecule has 6 heteroatoms.